The molecular formula is C20H21N5OS. The van der Waals surface area contributed by atoms with Gasteiger partial charge in [-0.1, -0.05) is 36.0 Å². The summed E-state index contributed by atoms with van der Waals surface area (Å²) in [5, 5.41) is 11.7. The maximum Gasteiger partial charge on any atom is 0.257 e. The maximum absolute atomic E-state index is 12.6. The average molecular weight is 379 g/mol. The molecule has 0 fully saturated rings. The Hall–Kier alpha value is -2.80. The van der Waals surface area contributed by atoms with Crippen molar-refractivity contribution < 1.29 is 4.79 Å². The number of amides is 1. The molecule has 0 spiro atoms. The lowest BCUT2D eigenvalue weighted by molar-refractivity contribution is 0.102. The van der Waals surface area contributed by atoms with Crippen LogP contribution in [-0.4, -0.2) is 25.9 Å². The van der Waals surface area contributed by atoms with Crippen molar-refractivity contribution in [2.45, 2.75) is 39.7 Å². The monoisotopic (exact) mass is 379 g/mol. The van der Waals surface area contributed by atoms with E-state index in [1.807, 2.05) is 19.1 Å². The first-order valence-electron chi connectivity index (χ1n) is 9.22. The predicted molar refractivity (Wildman–Crippen MR) is 109 cm³/mol. The molecule has 6 nitrogen and oxygen atoms in total. The molecule has 2 aromatic carbocycles. The first kappa shape index (κ1) is 17.6. The Kier molecular flexibility index (Phi) is 4.85. The Labute approximate surface area is 161 Å². The molecule has 0 unspecified atom stereocenters. The molecule has 4 aromatic rings. The second-order valence-electron chi connectivity index (χ2n) is 6.49. The SMILES string of the molecule is CCCCc1ccc2nc(NC(=O)c3ccc4c(c3)nnn4CC)sc2c1. The Morgan fingerprint density at radius 1 is 1.15 bits per heavy atom. The van der Waals surface area contributed by atoms with Crippen LogP contribution in [0.25, 0.3) is 21.3 Å². The number of hydrogen-bond acceptors (Lipinski definition) is 5. The van der Waals surface area contributed by atoms with E-state index < -0.39 is 0 Å². The molecule has 1 N–H and O–H groups in total. The van der Waals surface area contributed by atoms with Gasteiger partial charge in [-0.3, -0.25) is 10.1 Å². The minimum absolute atomic E-state index is 0.187. The topological polar surface area (TPSA) is 72.7 Å². The smallest absolute Gasteiger partial charge is 0.257 e. The van der Waals surface area contributed by atoms with E-state index in [0.717, 1.165) is 34.2 Å². The summed E-state index contributed by atoms with van der Waals surface area (Å²) in [7, 11) is 0. The molecule has 2 aromatic heterocycles. The van der Waals surface area contributed by atoms with Crippen molar-refractivity contribution in [2.24, 2.45) is 0 Å². The fourth-order valence-corrected chi connectivity index (χ4v) is 4.00. The standard InChI is InChI=1S/C20H21N5OS/c1-3-5-6-13-7-9-15-18(11-13)27-20(21-15)22-19(26)14-8-10-17-16(12-14)23-24-25(17)4-2/h7-12H,3-6H2,1-2H3,(H,21,22,26). The number of aromatic nitrogens is 4. The quantitative estimate of drug-likeness (QED) is 0.529. The summed E-state index contributed by atoms with van der Waals surface area (Å²) in [5.74, 6) is -0.187. The Morgan fingerprint density at radius 2 is 2.04 bits per heavy atom. The van der Waals surface area contributed by atoms with Gasteiger partial charge in [-0.2, -0.15) is 0 Å². The van der Waals surface area contributed by atoms with Crippen LogP contribution < -0.4 is 5.32 Å². The number of carbonyl (C=O) groups excluding carboxylic acids is 1. The number of nitrogens with one attached hydrogen (secondary N) is 1. The maximum atomic E-state index is 12.6. The highest BCUT2D eigenvalue weighted by atomic mass is 32.1. The fraction of sp³-hybridized carbons (Fsp3) is 0.300. The number of hydrogen-bond donors (Lipinski definition) is 1. The van der Waals surface area contributed by atoms with E-state index in [0.29, 0.717) is 10.7 Å². The van der Waals surface area contributed by atoms with E-state index in [9.17, 15) is 4.79 Å². The predicted octanol–water partition coefficient (Wildman–Crippen LogP) is 4.66. The van der Waals surface area contributed by atoms with E-state index >= 15 is 0 Å². The number of aryl methyl sites for hydroxylation is 2. The van der Waals surface area contributed by atoms with Gasteiger partial charge < -0.3 is 0 Å². The first-order chi connectivity index (χ1) is 13.2. The molecule has 7 heteroatoms. The summed E-state index contributed by atoms with van der Waals surface area (Å²) in [6.07, 6.45) is 3.43. The molecule has 27 heavy (non-hydrogen) atoms. The van der Waals surface area contributed by atoms with Gasteiger partial charge in [0.15, 0.2) is 5.13 Å². The molecular weight excluding hydrogens is 358 g/mol. The van der Waals surface area contributed by atoms with Gasteiger partial charge in [0.2, 0.25) is 0 Å². The zero-order valence-corrected chi connectivity index (χ0v) is 16.2. The van der Waals surface area contributed by atoms with Crippen molar-refractivity contribution in [1.29, 1.82) is 0 Å². The van der Waals surface area contributed by atoms with Gasteiger partial charge in [0.25, 0.3) is 5.91 Å². The van der Waals surface area contributed by atoms with Gasteiger partial charge in [-0.25, -0.2) is 9.67 Å². The number of nitrogens with zero attached hydrogens (tertiary/aromatic N) is 4. The Morgan fingerprint density at radius 3 is 2.85 bits per heavy atom. The van der Waals surface area contributed by atoms with Crippen LogP contribution >= 0.6 is 11.3 Å². The minimum Gasteiger partial charge on any atom is -0.298 e. The van der Waals surface area contributed by atoms with Crippen molar-refractivity contribution >= 4 is 43.6 Å². The summed E-state index contributed by atoms with van der Waals surface area (Å²) in [6.45, 7) is 4.95. The van der Waals surface area contributed by atoms with Crippen LogP contribution in [-0.2, 0) is 13.0 Å². The third-order valence-electron chi connectivity index (χ3n) is 4.57. The molecule has 0 aliphatic heterocycles. The molecule has 0 atom stereocenters. The molecule has 4 rings (SSSR count). The first-order valence-corrected chi connectivity index (χ1v) is 10.0. The number of unbranched alkanes of at least 4 members (excludes halogenated alkanes) is 1. The molecule has 2 heterocycles. The number of benzene rings is 2. The van der Waals surface area contributed by atoms with Crippen molar-refractivity contribution in [1.82, 2.24) is 20.0 Å². The van der Waals surface area contributed by atoms with E-state index in [4.69, 9.17) is 0 Å². The molecule has 0 radical (unpaired) electrons. The fourth-order valence-electron chi connectivity index (χ4n) is 3.08. The van der Waals surface area contributed by atoms with Crippen molar-refractivity contribution in [3.05, 3.63) is 47.5 Å². The number of rotatable bonds is 6. The molecule has 0 bridgehead atoms. The van der Waals surface area contributed by atoms with E-state index in [1.54, 1.807) is 16.8 Å². The highest BCUT2D eigenvalue weighted by Gasteiger charge is 2.13. The van der Waals surface area contributed by atoms with Gasteiger partial charge >= 0.3 is 0 Å². The number of anilines is 1. The highest BCUT2D eigenvalue weighted by Crippen LogP contribution is 2.28. The lowest BCUT2D eigenvalue weighted by Gasteiger charge is -2.02. The lowest BCUT2D eigenvalue weighted by atomic mass is 10.1. The summed E-state index contributed by atoms with van der Waals surface area (Å²) >= 11 is 1.50. The number of thiazole rings is 1. The zero-order valence-electron chi connectivity index (χ0n) is 15.4. The van der Waals surface area contributed by atoms with Gasteiger partial charge in [-0.05, 0) is 55.7 Å². The van der Waals surface area contributed by atoms with Gasteiger partial charge in [0.1, 0.15) is 5.52 Å². The van der Waals surface area contributed by atoms with Gasteiger partial charge in [-0.15, -0.1) is 5.10 Å². The Balaban J connectivity index is 1.55. The highest BCUT2D eigenvalue weighted by molar-refractivity contribution is 7.22. The van der Waals surface area contributed by atoms with Crippen LogP contribution in [0.2, 0.25) is 0 Å². The van der Waals surface area contributed by atoms with E-state index in [1.165, 1.54) is 29.7 Å². The molecule has 0 saturated heterocycles. The summed E-state index contributed by atoms with van der Waals surface area (Å²) in [5.41, 5.74) is 4.42. The minimum atomic E-state index is -0.187. The van der Waals surface area contributed by atoms with E-state index in [2.05, 4.69) is 39.7 Å². The average Bonchev–Trinajstić information content (AvgIpc) is 3.28. The van der Waals surface area contributed by atoms with Crippen LogP contribution in [0.5, 0.6) is 0 Å². The normalized spacial score (nSPS) is 11.3. The van der Waals surface area contributed by atoms with Crippen molar-refractivity contribution in [3.63, 3.8) is 0 Å². The summed E-state index contributed by atoms with van der Waals surface area (Å²) in [6, 6.07) is 11.8. The summed E-state index contributed by atoms with van der Waals surface area (Å²) < 4.78 is 2.90. The van der Waals surface area contributed by atoms with Crippen LogP contribution in [0, 0.1) is 0 Å². The molecule has 1 amide bonds. The second kappa shape index (κ2) is 7.44. The second-order valence-corrected chi connectivity index (χ2v) is 7.52. The Bertz CT molecular complexity index is 1110. The molecule has 0 aliphatic carbocycles. The number of fused-ring (bicyclic) bond motifs is 2. The summed E-state index contributed by atoms with van der Waals surface area (Å²) in [4.78, 5) is 17.2. The van der Waals surface area contributed by atoms with Crippen LogP contribution in [0.4, 0.5) is 5.13 Å². The molecule has 138 valence electrons. The van der Waals surface area contributed by atoms with Crippen LogP contribution in [0.15, 0.2) is 36.4 Å². The van der Waals surface area contributed by atoms with E-state index in [-0.39, 0.29) is 5.91 Å². The van der Waals surface area contributed by atoms with Crippen molar-refractivity contribution in [2.75, 3.05) is 5.32 Å². The van der Waals surface area contributed by atoms with Gasteiger partial charge in [0, 0.05) is 12.1 Å². The van der Waals surface area contributed by atoms with Crippen LogP contribution in [0.3, 0.4) is 0 Å². The van der Waals surface area contributed by atoms with Gasteiger partial charge in [0.05, 0.1) is 15.7 Å². The van der Waals surface area contributed by atoms with Crippen molar-refractivity contribution in [3.8, 4) is 0 Å². The third-order valence-corrected chi connectivity index (χ3v) is 5.50. The molecule has 0 saturated carbocycles. The van der Waals surface area contributed by atoms with Crippen LogP contribution in [0.1, 0.15) is 42.6 Å². The largest absolute Gasteiger partial charge is 0.298 e. The lowest BCUT2D eigenvalue weighted by Crippen LogP contribution is -2.11. The third kappa shape index (κ3) is 3.55. The number of carbonyl (C=O) groups is 1. The zero-order chi connectivity index (χ0) is 18.8. The molecule has 0 aliphatic rings.